The lowest BCUT2D eigenvalue weighted by molar-refractivity contribution is -0.139. The van der Waals surface area contributed by atoms with Gasteiger partial charge in [0.2, 0.25) is 0 Å². The number of carboxylic acids is 1. The topological polar surface area (TPSA) is 62.3 Å². The van der Waals surface area contributed by atoms with E-state index in [9.17, 15) is 4.79 Å². The van der Waals surface area contributed by atoms with Gasteiger partial charge in [-0.3, -0.25) is 0 Å². The van der Waals surface area contributed by atoms with Gasteiger partial charge in [-0.25, -0.2) is 4.79 Å². The number of carboxylic acid groups (broad SMARTS) is 1. The lowest BCUT2D eigenvalue weighted by Gasteiger charge is -2.03. The van der Waals surface area contributed by atoms with Crippen LogP contribution < -0.4 is 4.74 Å². The van der Waals surface area contributed by atoms with E-state index in [4.69, 9.17) is 9.84 Å². The standard InChI is InChI=1S/C16H13NO3/c18-16(19)10-20-15-8-4-7-13-12(15)9-14(17-13)11-5-2-1-3-6-11/h1-9,17H,10H2,(H,18,19). The second-order valence-electron chi connectivity index (χ2n) is 4.45. The van der Waals surface area contributed by atoms with Crippen LogP contribution in [0.1, 0.15) is 0 Å². The summed E-state index contributed by atoms with van der Waals surface area (Å²) >= 11 is 0. The Labute approximate surface area is 115 Å². The van der Waals surface area contributed by atoms with Crippen LogP contribution in [-0.2, 0) is 4.79 Å². The van der Waals surface area contributed by atoms with E-state index in [1.165, 1.54) is 0 Å². The quantitative estimate of drug-likeness (QED) is 0.762. The molecule has 20 heavy (non-hydrogen) atoms. The molecule has 0 aliphatic carbocycles. The number of carbonyl (C=O) groups is 1. The lowest BCUT2D eigenvalue weighted by atomic mass is 10.1. The largest absolute Gasteiger partial charge is 0.481 e. The summed E-state index contributed by atoms with van der Waals surface area (Å²) in [6, 6.07) is 17.5. The Balaban J connectivity index is 2.02. The number of hydrogen-bond donors (Lipinski definition) is 2. The van der Waals surface area contributed by atoms with E-state index < -0.39 is 5.97 Å². The van der Waals surface area contributed by atoms with Crippen LogP contribution in [0.15, 0.2) is 54.6 Å². The van der Waals surface area contributed by atoms with Gasteiger partial charge in [-0.15, -0.1) is 0 Å². The van der Waals surface area contributed by atoms with Crippen LogP contribution >= 0.6 is 0 Å². The van der Waals surface area contributed by atoms with E-state index in [0.29, 0.717) is 5.75 Å². The van der Waals surface area contributed by atoms with Crippen molar-refractivity contribution in [3.05, 3.63) is 54.6 Å². The highest BCUT2D eigenvalue weighted by molar-refractivity contribution is 5.91. The van der Waals surface area contributed by atoms with Gasteiger partial charge in [0.05, 0.1) is 0 Å². The van der Waals surface area contributed by atoms with E-state index in [0.717, 1.165) is 22.2 Å². The number of rotatable bonds is 4. The number of hydrogen-bond acceptors (Lipinski definition) is 2. The fourth-order valence-electron chi connectivity index (χ4n) is 2.17. The zero-order valence-electron chi connectivity index (χ0n) is 10.7. The van der Waals surface area contributed by atoms with Gasteiger partial charge in [-0.05, 0) is 23.8 Å². The van der Waals surface area contributed by atoms with Crippen molar-refractivity contribution < 1.29 is 14.6 Å². The molecule has 2 N–H and O–H groups in total. The van der Waals surface area contributed by atoms with Crippen LogP contribution in [0.5, 0.6) is 5.75 Å². The average molecular weight is 267 g/mol. The van der Waals surface area contributed by atoms with E-state index in [1.807, 2.05) is 48.5 Å². The van der Waals surface area contributed by atoms with Crippen molar-refractivity contribution in [1.29, 1.82) is 0 Å². The molecule has 0 saturated carbocycles. The normalized spacial score (nSPS) is 10.6. The molecule has 0 aliphatic rings. The van der Waals surface area contributed by atoms with Crippen molar-refractivity contribution in [2.24, 2.45) is 0 Å². The third kappa shape index (κ3) is 2.36. The van der Waals surface area contributed by atoms with Gasteiger partial charge >= 0.3 is 5.97 Å². The summed E-state index contributed by atoms with van der Waals surface area (Å²) in [6.07, 6.45) is 0. The number of ether oxygens (including phenoxy) is 1. The summed E-state index contributed by atoms with van der Waals surface area (Å²) in [5, 5.41) is 9.58. The van der Waals surface area contributed by atoms with Crippen molar-refractivity contribution >= 4 is 16.9 Å². The van der Waals surface area contributed by atoms with Crippen LogP contribution in [-0.4, -0.2) is 22.7 Å². The van der Waals surface area contributed by atoms with E-state index in [1.54, 1.807) is 6.07 Å². The molecule has 0 spiro atoms. The molecule has 3 rings (SSSR count). The summed E-state index contributed by atoms with van der Waals surface area (Å²) in [5.74, 6) is -0.413. The molecule has 0 aliphatic heterocycles. The molecular weight excluding hydrogens is 254 g/mol. The van der Waals surface area contributed by atoms with Crippen molar-refractivity contribution in [2.75, 3.05) is 6.61 Å². The van der Waals surface area contributed by atoms with Crippen LogP contribution in [0.25, 0.3) is 22.2 Å². The molecule has 0 bridgehead atoms. The van der Waals surface area contributed by atoms with Gasteiger partial charge < -0.3 is 14.8 Å². The molecule has 3 aromatic rings. The predicted molar refractivity (Wildman–Crippen MR) is 76.9 cm³/mol. The Kier molecular flexibility index (Phi) is 3.13. The zero-order chi connectivity index (χ0) is 13.9. The molecule has 0 unspecified atom stereocenters. The fraction of sp³-hybridized carbons (Fsp3) is 0.0625. The predicted octanol–water partition coefficient (Wildman–Crippen LogP) is 3.30. The Hall–Kier alpha value is -2.75. The second kappa shape index (κ2) is 5.09. The lowest BCUT2D eigenvalue weighted by Crippen LogP contribution is -2.09. The summed E-state index contributed by atoms with van der Waals surface area (Å²) in [7, 11) is 0. The highest BCUT2D eigenvalue weighted by atomic mass is 16.5. The summed E-state index contributed by atoms with van der Waals surface area (Å²) in [5.41, 5.74) is 2.98. The van der Waals surface area contributed by atoms with Gasteiger partial charge in [-0.2, -0.15) is 0 Å². The smallest absolute Gasteiger partial charge is 0.341 e. The summed E-state index contributed by atoms with van der Waals surface area (Å²) < 4.78 is 5.31. The zero-order valence-corrected chi connectivity index (χ0v) is 10.7. The summed E-state index contributed by atoms with van der Waals surface area (Å²) in [4.78, 5) is 13.9. The van der Waals surface area contributed by atoms with E-state index >= 15 is 0 Å². The van der Waals surface area contributed by atoms with Crippen molar-refractivity contribution in [3.63, 3.8) is 0 Å². The van der Waals surface area contributed by atoms with E-state index in [2.05, 4.69) is 4.98 Å². The fourth-order valence-corrected chi connectivity index (χ4v) is 2.17. The van der Waals surface area contributed by atoms with Crippen LogP contribution in [0, 0.1) is 0 Å². The van der Waals surface area contributed by atoms with Gasteiger partial charge in [0.15, 0.2) is 6.61 Å². The number of benzene rings is 2. The third-order valence-electron chi connectivity index (χ3n) is 3.06. The Morgan fingerprint density at radius 2 is 1.90 bits per heavy atom. The maximum atomic E-state index is 10.6. The number of aromatic nitrogens is 1. The number of H-pyrrole nitrogens is 1. The van der Waals surface area contributed by atoms with Crippen LogP contribution in [0.4, 0.5) is 0 Å². The first-order chi connectivity index (χ1) is 9.74. The highest BCUT2D eigenvalue weighted by Gasteiger charge is 2.08. The minimum absolute atomic E-state index is 0.342. The molecule has 0 saturated heterocycles. The van der Waals surface area contributed by atoms with Gasteiger partial charge in [-0.1, -0.05) is 36.4 Å². The highest BCUT2D eigenvalue weighted by Crippen LogP contribution is 2.30. The molecule has 1 aromatic heterocycles. The minimum atomic E-state index is -0.985. The Bertz CT molecular complexity index is 747. The molecule has 2 aromatic carbocycles. The number of fused-ring (bicyclic) bond motifs is 1. The monoisotopic (exact) mass is 267 g/mol. The number of nitrogens with one attached hydrogen (secondary N) is 1. The van der Waals surface area contributed by atoms with Crippen LogP contribution in [0.2, 0.25) is 0 Å². The third-order valence-corrected chi connectivity index (χ3v) is 3.06. The van der Waals surface area contributed by atoms with Crippen molar-refractivity contribution in [2.45, 2.75) is 0 Å². The Morgan fingerprint density at radius 1 is 1.10 bits per heavy atom. The van der Waals surface area contributed by atoms with E-state index in [-0.39, 0.29) is 6.61 Å². The van der Waals surface area contributed by atoms with Gasteiger partial charge in [0.1, 0.15) is 5.75 Å². The van der Waals surface area contributed by atoms with Gasteiger partial charge in [0.25, 0.3) is 0 Å². The molecule has 0 radical (unpaired) electrons. The number of aromatic amines is 1. The molecule has 4 nitrogen and oxygen atoms in total. The molecule has 0 fully saturated rings. The maximum Gasteiger partial charge on any atom is 0.341 e. The summed E-state index contributed by atoms with van der Waals surface area (Å²) in [6.45, 7) is -0.342. The van der Waals surface area contributed by atoms with Gasteiger partial charge in [0, 0.05) is 16.6 Å². The van der Waals surface area contributed by atoms with Crippen molar-refractivity contribution in [1.82, 2.24) is 4.98 Å². The molecule has 1 heterocycles. The first-order valence-corrected chi connectivity index (χ1v) is 6.26. The SMILES string of the molecule is O=C(O)COc1cccc2[nH]c(-c3ccccc3)cc12. The maximum absolute atomic E-state index is 10.6. The molecule has 4 heteroatoms. The first-order valence-electron chi connectivity index (χ1n) is 6.26. The number of aliphatic carboxylic acids is 1. The van der Waals surface area contributed by atoms with Crippen LogP contribution in [0.3, 0.4) is 0 Å². The average Bonchev–Trinajstić information content (AvgIpc) is 2.90. The molecule has 0 amide bonds. The van der Waals surface area contributed by atoms with Crippen molar-refractivity contribution in [3.8, 4) is 17.0 Å². The second-order valence-corrected chi connectivity index (χ2v) is 4.45. The minimum Gasteiger partial charge on any atom is -0.481 e. The molecule has 100 valence electrons. The molecular formula is C16H13NO3. The first kappa shape index (κ1) is 12.3. The molecule has 0 atom stereocenters. The Morgan fingerprint density at radius 3 is 2.65 bits per heavy atom.